The van der Waals surface area contributed by atoms with E-state index in [1.165, 1.54) is 6.33 Å². The Morgan fingerprint density at radius 2 is 2.24 bits per heavy atom. The van der Waals surface area contributed by atoms with Gasteiger partial charge in [0.25, 0.3) is 0 Å². The first-order chi connectivity index (χ1) is 8.36. The average Bonchev–Trinajstić information content (AvgIpc) is 2.87. The molecule has 4 heteroatoms. The van der Waals surface area contributed by atoms with E-state index in [9.17, 15) is 5.11 Å². The molecular weight excluding hydrogens is 216 g/mol. The van der Waals surface area contributed by atoms with Crippen LogP contribution in [0, 0.1) is 0 Å². The summed E-state index contributed by atoms with van der Waals surface area (Å²) in [4.78, 5) is 7.90. The van der Waals surface area contributed by atoms with Crippen LogP contribution in [0.25, 0.3) is 0 Å². The van der Waals surface area contributed by atoms with Crippen molar-refractivity contribution in [2.45, 2.75) is 12.5 Å². The highest BCUT2D eigenvalue weighted by atomic mass is 16.5. The first-order valence-electron chi connectivity index (χ1n) is 5.55. The van der Waals surface area contributed by atoms with Crippen LogP contribution in [0.1, 0.15) is 22.9 Å². The number of benzene rings is 1. The van der Waals surface area contributed by atoms with Gasteiger partial charge in [0.1, 0.15) is 18.2 Å². The predicted octanol–water partition coefficient (Wildman–Crippen LogP) is 1.49. The van der Waals surface area contributed by atoms with Crippen molar-refractivity contribution in [1.82, 2.24) is 9.97 Å². The third-order valence-electron chi connectivity index (χ3n) is 2.92. The molecule has 0 bridgehead atoms. The normalized spacial score (nSPS) is 15.1. The summed E-state index contributed by atoms with van der Waals surface area (Å²) in [6.45, 7) is 0.683. The smallest absolute Gasteiger partial charge is 0.128 e. The van der Waals surface area contributed by atoms with E-state index < -0.39 is 6.10 Å². The fourth-order valence-corrected chi connectivity index (χ4v) is 2.08. The minimum absolute atomic E-state index is 0.587. The van der Waals surface area contributed by atoms with Crippen LogP contribution in [0.15, 0.2) is 36.8 Å². The zero-order valence-electron chi connectivity index (χ0n) is 9.21. The lowest BCUT2D eigenvalue weighted by molar-refractivity contribution is 0.209. The molecule has 0 fully saturated rings. The fourth-order valence-electron chi connectivity index (χ4n) is 2.08. The lowest BCUT2D eigenvalue weighted by Crippen LogP contribution is -2.04. The van der Waals surface area contributed by atoms with Gasteiger partial charge in [-0.25, -0.2) is 9.97 Å². The van der Waals surface area contributed by atoms with Gasteiger partial charge in [0, 0.05) is 18.2 Å². The van der Waals surface area contributed by atoms with Gasteiger partial charge in [-0.15, -0.1) is 0 Å². The molecule has 1 atom stereocenters. The van der Waals surface area contributed by atoms with Crippen molar-refractivity contribution in [2.75, 3.05) is 6.61 Å². The lowest BCUT2D eigenvalue weighted by Gasteiger charge is -2.13. The summed E-state index contributed by atoms with van der Waals surface area (Å²) in [5.74, 6) is 0.804. The molecule has 4 nitrogen and oxygen atoms in total. The van der Waals surface area contributed by atoms with Crippen LogP contribution in [-0.4, -0.2) is 21.7 Å². The number of hydrogen-bond donors (Lipinski definition) is 1. The van der Waals surface area contributed by atoms with Crippen LogP contribution in [0.3, 0.4) is 0 Å². The quantitative estimate of drug-likeness (QED) is 0.846. The molecule has 1 aliphatic rings. The maximum absolute atomic E-state index is 10.3. The van der Waals surface area contributed by atoms with Crippen LogP contribution in [-0.2, 0) is 6.42 Å². The third-order valence-corrected chi connectivity index (χ3v) is 2.92. The molecule has 1 aliphatic heterocycles. The fraction of sp³-hybridized carbons (Fsp3) is 0.231. The summed E-state index contributed by atoms with van der Waals surface area (Å²) in [6, 6.07) is 7.54. The zero-order valence-corrected chi connectivity index (χ0v) is 9.21. The molecule has 0 saturated heterocycles. The topological polar surface area (TPSA) is 55.2 Å². The summed E-state index contributed by atoms with van der Waals surface area (Å²) >= 11 is 0. The molecule has 86 valence electrons. The van der Waals surface area contributed by atoms with E-state index in [2.05, 4.69) is 9.97 Å². The molecule has 1 aromatic carbocycles. The number of nitrogens with zero attached hydrogens (tertiary/aromatic N) is 2. The van der Waals surface area contributed by atoms with E-state index in [0.717, 1.165) is 23.3 Å². The molecular formula is C13H12N2O2. The molecule has 2 heterocycles. The van der Waals surface area contributed by atoms with Gasteiger partial charge in [-0.05, 0) is 11.6 Å². The largest absolute Gasteiger partial charge is 0.493 e. The maximum Gasteiger partial charge on any atom is 0.128 e. The number of aliphatic hydroxyl groups is 1. The first kappa shape index (κ1) is 10.2. The van der Waals surface area contributed by atoms with E-state index in [4.69, 9.17) is 4.74 Å². The van der Waals surface area contributed by atoms with Gasteiger partial charge >= 0.3 is 0 Å². The third kappa shape index (κ3) is 1.76. The second-order valence-corrected chi connectivity index (χ2v) is 3.97. The Morgan fingerprint density at radius 1 is 1.29 bits per heavy atom. The number of hydrogen-bond acceptors (Lipinski definition) is 4. The summed E-state index contributed by atoms with van der Waals surface area (Å²) < 4.78 is 5.57. The molecule has 17 heavy (non-hydrogen) atoms. The van der Waals surface area contributed by atoms with Crippen LogP contribution in [0.4, 0.5) is 0 Å². The number of rotatable bonds is 2. The number of ether oxygens (including phenoxy) is 1. The van der Waals surface area contributed by atoms with E-state index in [1.807, 2.05) is 18.2 Å². The van der Waals surface area contributed by atoms with Crippen molar-refractivity contribution in [3.8, 4) is 5.75 Å². The van der Waals surface area contributed by atoms with Crippen LogP contribution >= 0.6 is 0 Å². The van der Waals surface area contributed by atoms with Crippen molar-refractivity contribution >= 4 is 0 Å². The Hall–Kier alpha value is -1.94. The van der Waals surface area contributed by atoms with E-state index >= 15 is 0 Å². The molecule has 3 rings (SSSR count). The highest BCUT2D eigenvalue weighted by Crippen LogP contribution is 2.35. The second-order valence-electron chi connectivity index (χ2n) is 3.97. The van der Waals surface area contributed by atoms with E-state index in [0.29, 0.717) is 12.3 Å². The number of fused-ring (bicyclic) bond motifs is 1. The van der Waals surface area contributed by atoms with E-state index in [1.54, 1.807) is 12.3 Å². The first-order valence-corrected chi connectivity index (χ1v) is 5.55. The van der Waals surface area contributed by atoms with Crippen molar-refractivity contribution < 1.29 is 9.84 Å². The highest BCUT2D eigenvalue weighted by Gasteiger charge is 2.22. The van der Waals surface area contributed by atoms with Crippen molar-refractivity contribution in [3.63, 3.8) is 0 Å². The summed E-state index contributed by atoms with van der Waals surface area (Å²) in [5.41, 5.74) is 2.51. The van der Waals surface area contributed by atoms with Gasteiger partial charge in [0.15, 0.2) is 0 Å². The number of aliphatic hydroxyl groups excluding tert-OH is 1. The number of para-hydroxylation sites is 1. The molecule has 1 aromatic heterocycles. The molecule has 0 amide bonds. The molecule has 2 aromatic rings. The second kappa shape index (κ2) is 4.14. The molecule has 0 spiro atoms. The van der Waals surface area contributed by atoms with Crippen LogP contribution < -0.4 is 4.74 Å². The van der Waals surface area contributed by atoms with Gasteiger partial charge in [-0.3, -0.25) is 0 Å². The van der Waals surface area contributed by atoms with Gasteiger partial charge in [-0.1, -0.05) is 18.2 Å². The van der Waals surface area contributed by atoms with Gasteiger partial charge in [-0.2, -0.15) is 0 Å². The lowest BCUT2D eigenvalue weighted by atomic mass is 10.0. The summed E-state index contributed by atoms with van der Waals surface area (Å²) in [6.07, 6.45) is 3.20. The standard InChI is InChI=1S/C13H12N2O2/c16-12(11-4-6-14-8-15-11)10-3-1-2-9-5-7-17-13(9)10/h1-4,6,8,12,16H,5,7H2. The highest BCUT2D eigenvalue weighted by molar-refractivity contribution is 5.46. The zero-order chi connectivity index (χ0) is 11.7. The van der Waals surface area contributed by atoms with Gasteiger partial charge in [0.2, 0.25) is 0 Å². The van der Waals surface area contributed by atoms with Crippen molar-refractivity contribution in [3.05, 3.63) is 53.6 Å². The Balaban J connectivity index is 2.03. The SMILES string of the molecule is OC(c1ccncn1)c1cccc2c1OCC2. The Labute approximate surface area is 98.9 Å². The van der Waals surface area contributed by atoms with Gasteiger partial charge in [0.05, 0.1) is 12.3 Å². The molecule has 0 radical (unpaired) electrons. The summed E-state index contributed by atoms with van der Waals surface area (Å²) in [7, 11) is 0. The summed E-state index contributed by atoms with van der Waals surface area (Å²) in [5, 5.41) is 10.3. The Bertz CT molecular complexity index is 528. The molecule has 1 unspecified atom stereocenters. The van der Waals surface area contributed by atoms with Crippen LogP contribution in [0.5, 0.6) is 5.75 Å². The van der Waals surface area contributed by atoms with Crippen molar-refractivity contribution in [1.29, 1.82) is 0 Å². The van der Waals surface area contributed by atoms with Gasteiger partial charge < -0.3 is 9.84 Å². The average molecular weight is 228 g/mol. The molecule has 1 N–H and O–H groups in total. The minimum Gasteiger partial charge on any atom is -0.493 e. The Kier molecular flexibility index (Phi) is 2.49. The molecule has 0 saturated carbocycles. The number of aromatic nitrogens is 2. The maximum atomic E-state index is 10.3. The monoisotopic (exact) mass is 228 g/mol. The molecule has 0 aliphatic carbocycles. The minimum atomic E-state index is -0.758. The van der Waals surface area contributed by atoms with Crippen molar-refractivity contribution in [2.24, 2.45) is 0 Å². The van der Waals surface area contributed by atoms with Crippen LogP contribution in [0.2, 0.25) is 0 Å². The Morgan fingerprint density at radius 3 is 3.06 bits per heavy atom. The predicted molar refractivity (Wildman–Crippen MR) is 61.7 cm³/mol. The van der Waals surface area contributed by atoms with E-state index in [-0.39, 0.29) is 0 Å².